The van der Waals surface area contributed by atoms with Crippen LogP contribution in [0.3, 0.4) is 0 Å². The molecule has 1 aromatic rings. The predicted molar refractivity (Wildman–Crippen MR) is 77.0 cm³/mol. The summed E-state index contributed by atoms with van der Waals surface area (Å²) >= 11 is 0. The molecule has 17 heavy (non-hydrogen) atoms. The molecule has 1 heteroatoms. The fraction of sp³-hybridized carbons (Fsp3) is 0.500. The summed E-state index contributed by atoms with van der Waals surface area (Å²) in [7, 11) is 6.77. The Bertz CT molecular complexity index is 330. The number of rotatable bonds is 7. The van der Waals surface area contributed by atoms with Crippen molar-refractivity contribution in [1.29, 1.82) is 0 Å². The van der Waals surface area contributed by atoms with Gasteiger partial charge in [0.15, 0.2) is 0 Å². The molecule has 1 aromatic carbocycles. The van der Waals surface area contributed by atoms with E-state index in [0.717, 1.165) is 4.48 Å². The van der Waals surface area contributed by atoms with Gasteiger partial charge in [0, 0.05) is 0 Å². The van der Waals surface area contributed by atoms with Crippen molar-refractivity contribution in [2.24, 2.45) is 0 Å². The Labute approximate surface area is 106 Å². The molecule has 0 amide bonds. The minimum Gasteiger partial charge on any atom is -0.331 e. The summed E-state index contributed by atoms with van der Waals surface area (Å²) in [5, 5.41) is 0. The van der Waals surface area contributed by atoms with E-state index in [1.54, 1.807) is 0 Å². The highest BCUT2D eigenvalue weighted by atomic mass is 15.3. The van der Waals surface area contributed by atoms with Gasteiger partial charge in [-0.1, -0.05) is 36.9 Å². The first-order valence-electron chi connectivity index (χ1n) is 6.53. The summed E-state index contributed by atoms with van der Waals surface area (Å²) < 4.78 is 1.08. The fourth-order valence-electron chi connectivity index (χ4n) is 1.91. The molecular weight excluding hydrogens is 206 g/mol. The Morgan fingerprint density at radius 1 is 1.00 bits per heavy atom. The van der Waals surface area contributed by atoms with Crippen LogP contribution in [0.4, 0.5) is 0 Å². The lowest BCUT2D eigenvalue weighted by Crippen LogP contribution is -2.35. The Morgan fingerprint density at radius 3 is 2.18 bits per heavy atom. The van der Waals surface area contributed by atoms with Gasteiger partial charge in [0.25, 0.3) is 0 Å². The maximum absolute atomic E-state index is 3.77. The molecule has 0 N–H and O–H groups in total. The fourth-order valence-corrected chi connectivity index (χ4v) is 1.91. The van der Waals surface area contributed by atoms with Crippen molar-refractivity contribution in [3.63, 3.8) is 0 Å². The molecule has 0 aliphatic heterocycles. The first-order valence-corrected chi connectivity index (χ1v) is 6.53. The van der Waals surface area contributed by atoms with Crippen molar-refractivity contribution in [2.45, 2.75) is 25.7 Å². The Balaban J connectivity index is 2.20. The topological polar surface area (TPSA) is 0 Å². The molecule has 0 aliphatic rings. The van der Waals surface area contributed by atoms with Crippen molar-refractivity contribution >= 4 is 6.08 Å². The summed E-state index contributed by atoms with van der Waals surface area (Å²) in [5.74, 6) is 0. The molecule has 0 atom stereocenters. The van der Waals surface area contributed by atoms with Crippen molar-refractivity contribution in [3.8, 4) is 0 Å². The second-order valence-corrected chi connectivity index (χ2v) is 5.77. The van der Waals surface area contributed by atoms with Gasteiger partial charge < -0.3 is 4.48 Å². The smallest absolute Gasteiger partial charge is 0.0780 e. The Morgan fingerprint density at radius 2 is 1.65 bits per heavy atom. The molecule has 0 aromatic heterocycles. The van der Waals surface area contributed by atoms with Crippen molar-refractivity contribution in [3.05, 3.63) is 42.0 Å². The standard InChI is InChI=1S/C16H26N/c1-5-15-10-12-16(13-11-15)9-7-6-8-14-17(2,3)4/h5,10-13H,1,6-9,14H2,2-4H3/q+1. The molecule has 0 saturated carbocycles. The summed E-state index contributed by atoms with van der Waals surface area (Å²) in [6.45, 7) is 5.04. The van der Waals surface area contributed by atoms with Crippen LogP contribution >= 0.6 is 0 Å². The van der Waals surface area contributed by atoms with Gasteiger partial charge in [0.2, 0.25) is 0 Å². The molecule has 0 radical (unpaired) electrons. The molecule has 0 saturated heterocycles. The summed E-state index contributed by atoms with van der Waals surface area (Å²) in [4.78, 5) is 0. The van der Waals surface area contributed by atoms with Crippen molar-refractivity contribution in [1.82, 2.24) is 0 Å². The summed E-state index contributed by atoms with van der Waals surface area (Å²) in [6, 6.07) is 8.73. The van der Waals surface area contributed by atoms with Crippen molar-refractivity contribution in [2.75, 3.05) is 27.7 Å². The SMILES string of the molecule is C=Cc1ccc(CCCCC[N+](C)(C)C)cc1. The van der Waals surface area contributed by atoms with Crippen LogP contribution in [0.2, 0.25) is 0 Å². The van der Waals surface area contributed by atoms with Crippen LogP contribution in [-0.4, -0.2) is 32.2 Å². The van der Waals surface area contributed by atoms with Crippen LogP contribution in [0, 0.1) is 0 Å². The van der Waals surface area contributed by atoms with Crippen LogP contribution in [0.1, 0.15) is 30.4 Å². The number of nitrogens with zero attached hydrogens (tertiary/aromatic N) is 1. The lowest BCUT2D eigenvalue weighted by Gasteiger charge is -2.23. The molecule has 0 aliphatic carbocycles. The molecular formula is C16H26N+. The molecule has 94 valence electrons. The number of benzene rings is 1. The van der Waals surface area contributed by atoms with E-state index in [4.69, 9.17) is 0 Å². The van der Waals surface area contributed by atoms with Crippen LogP contribution in [0.25, 0.3) is 6.08 Å². The summed E-state index contributed by atoms with van der Waals surface area (Å²) in [5.41, 5.74) is 2.65. The molecule has 0 unspecified atom stereocenters. The van der Waals surface area contributed by atoms with Crippen LogP contribution in [-0.2, 0) is 6.42 Å². The second kappa shape index (κ2) is 6.61. The van der Waals surface area contributed by atoms with Crippen LogP contribution < -0.4 is 0 Å². The van der Waals surface area contributed by atoms with E-state index in [-0.39, 0.29) is 0 Å². The quantitative estimate of drug-likeness (QED) is 0.496. The normalized spacial score (nSPS) is 11.5. The first-order chi connectivity index (χ1) is 8.01. The maximum atomic E-state index is 3.77. The lowest BCUT2D eigenvalue weighted by molar-refractivity contribution is -0.870. The number of hydrogen-bond acceptors (Lipinski definition) is 0. The third-order valence-corrected chi connectivity index (χ3v) is 3.01. The average molecular weight is 232 g/mol. The highest BCUT2D eigenvalue weighted by molar-refractivity contribution is 5.47. The Kier molecular flexibility index (Phi) is 5.43. The molecule has 0 bridgehead atoms. The lowest BCUT2D eigenvalue weighted by atomic mass is 10.1. The van der Waals surface area contributed by atoms with E-state index in [0.29, 0.717) is 0 Å². The third-order valence-electron chi connectivity index (χ3n) is 3.01. The minimum atomic E-state index is 1.08. The average Bonchev–Trinajstić information content (AvgIpc) is 2.28. The van der Waals surface area contributed by atoms with Gasteiger partial charge >= 0.3 is 0 Å². The largest absolute Gasteiger partial charge is 0.331 e. The second-order valence-electron chi connectivity index (χ2n) is 5.77. The van der Waals surface area contributed by atoms with Gasteiger partial charge in [0.1, 0.15) is 0 Å². The highest BCUT2D eigenvalue weighted by Crippen LogP contribution is 2.10. The number of quaternary nitrogens is 1. The van der Waals surface area contributed by atoms with Crippen LogP contribution in [0.5, 0.6) is 0 Å². The Hall–Kier alpha value is -1.08. The van der Waals surface area contributed by atoms with Gasteiger partial charge in [0.05, 0.1) is 27.7 Å². The van der Waals surface area contributed by atoms with Gasteiger partial charge in [-0.25, -0.2) is 0 Å². The van der Waals surface area contributed by atoms with E-state index in [9.17, 15) is 0 Å². The minimum absolute atomic E-state index is 1.08. The van der Waals surface area contributed by atoms with E-state index >= 15 is 0 Å². The molecule has 0 spiro atoms. The van der Waals surface area contributed by atoms with E-state index in [2.05, 4.69) is 52.0 Å². The van der Waals surface area contributed by atoms with Gasteiger partial charge in [-0.15, -0.1) is 0 Å². The predicted octanol–water partition coefficient (Wildman–Crippen LogP) is 3.75. The van der Waals surface area contributed by atoms with E-state index in [1.807, 2.05) is 6.08 Å². The first kappa shape index (κ1) is 14.0. The van der Waals surface area contributed by atoms with Gasteiger partial charge in [-0.3, -0.25) is 0 Å². The van der Waals surface area contributed by atoms with Gasteiger partial charge in [-0.2, -0.15) is 0 Å². The molecule has 1 rings (SSSR count). The number of aryl methyl sites for hydroxylation is 1. The number of unbranched alkanes of at least 4 members (excludes halogenated alkanes) is 2. The maximum Gasteiger partial charge on any atom is 0.0780 e. The van der Waals surface area contributed by atoms with Crippen molar-refractivity contribution < 1.29 is 4.48 Å². The zero-order chi connectivity index (χ0) is 12.7. The summed E-state index contributed by atoms with van der Waals surface area (Å²) in [6.07, 6.45) is 7.06. The zero-order valence-corrected chi connectivity index (χ0v) is 11.6. The molecule has 1 nitrogen and oxygen atoms in total. The van der Waals surface area contributed by atoms with Crippen LogP contribution in [0.15, 0.2) is 30.8 Å². The van der Waals surface area contributed by atoms with E-state index in [1.165, 1.54) is 43.4 Å². The van der Waals surface area contributed by atoms with Gasteiger partial charge in [-0.05, 0) is 36.8 Å². The third kappa shape index (κ3) is 6.28. The zero-order valence-electron chi connectivity index (χ0n) is 11.6. The molecule has 0 fully saturated rings. The number of hydrogen-bond donors (Lipinski definition) is 0. The highest BCUT2D eigenvalue weighted by Gasteiger charge is 2.05. The molecule has 0 heterocycles. The monoisotopic (exact) mass is 232 g/mol. The van der Waals surface area contributed by atoms with E-state index < -0.39 is 0 Å².